The summed E-state index contributed by atoms with van der Waals surface area (Å²) in [5, 5.41) is 11.5. The Morgan fingerprint density at radius 2 is 2.18 bits per heavy atom. The summed E-state index contributed by atoms with van der Waals surface area (Å²) in [4.78, 5) is 0. The Hall–Kier alpha value is -1.68. The van der Waals surface area contributed by atoms with Crippen LogP contribution in [0.4, 0.5) is 0 Å². The molecule has 17 heavy (non-hydrogen) atoms. The lowest BCUT2D eigenvalue weighted by molar-refractivity contribution is 0.549. The van der Waals surface area contributed by atoms with Crippen LogP contribution in [-0.2, 0) is 6.42 Å². The van der Waals surface area contributed by atoms with Crippen LogP contribution < -0.4 is 5.32 Å². The summed E-state index contributed by atoms with van der Waals surface area (Å²) < 4.78 is 5.09. The minimum Gasteiger partial charge on any atom is -0.472 e. The van der Waals surface area contributed by atoms with Gasteiger partial charge in [-0.15, -0.1) is 0 Å². The summed E-state index contributed by atoms with van der Waals surface area (Å²) in [5.74, 6) is 0. The molecule has 0 radical (unpaired) electrons. The van der Waals surface area contributed by atoms with Gasteiger partial charge in [0, 0.05) is 6.04 Å². The van der Waals surface area contributed by atoms with Crippen molar-refractivity contribution < 1.29 is 4.42 Å². The van der Waals surface area contributed by atoms with Crippen molar-refractivity contribution in [1.82, 2.24) is 15.5 Å². The molecule has 2 aromatic heterocycles. The van der Waals surface area contributed by atoms with Gasteiger partial charge in [0.15, 0.2) is 0 Å². The third-order valence-corrected chi connectivity index (χ3v) is 2.88. The van der Waals surface area contributed by atoms with Crippen molar-refractivity contribution in [2.24, 2.45) is 0 Å². The highest BCUT2D eigenvalue weighted by Gasteiger charge is 2.14. The van der Waals surface area contributed by atoms with Gasteiger partial charge in [-0.1, -0.05) is 0 Å². The van der Waals surface area contributed by atoms with Gasteiger partial charge < -0.3 is 9.73 Å². The van der Waals surface area contributed by atoms with E-state index in [4.69, 9.17) is 4.42 Å². The first kappa shape index (κ1) is 11.8. The van der Waals surface area contributed by atoms with E-state index in [0.717, 1.165) is 17.8 Å². The molecule has 2 rings (SSSR count). The van der Waals surface area contributed by atoms with E-state index in [-0.39, 0.29) is 6.04 Å². The second kappa shape index (κ2) is 5.10. The van der Waals surface area contributed by atoms with Crippen LogP contribution in [0, 0.1) is 13.8 Å². The number of likely N-dealkylation sites (N-methyl/N-ethyl adjacent to an activating group) is 1. The average Bonchev–Trinajstić information content (AvgIpc) is 2.82. The zero-order valence-corrected chi connectivity index (χ0v) is 10.4. The Morgan fingerprint density at radius 3 is 2.82 bits per heavy atom. The lowest BCUT2D eigenvalue weighted by atomic mass is 9.99. The molecule has 0 bridgehead atoms. The van der Waals surface area contributed by atoms with E-state index in [0.29, 0.717) is 0 Å². The number of hydrogen-bond donors (Lipinski definition) is 1. The highest BCUT2D eigenvalue weighted by molar-refractivity contribution is 5.25. The van der Waals surface area contributed by atoms with E-state index in [1.54, 1.807) is 12.5 Å². The summed E-state index contributed by atoms with van der Waals surface area (Å²) in [5.41, 5.74) is 4.29. The van der Waals surface area contributed by atoms with Crippen LogP contribution >= 0.6 is 0 Å². The Kier molecular flexibility index (Phi) is 3.54. The Balaban J connectivity index is 2.25. The zero-order chi connectivity index (χ0) is 12.3. The molecule has 90 valence electrons. The topological polar surface area (TPSA) is 51.0 Å². The van der Waals surface area contributed by atoms with Crippen LogP contribution in [0.3, 0.4) is 0 Å². The highest BCUT2D eigenvalue weighted by Crippen LogP contribution is 2.20. The maximum absolute atomic E-state index is 5.09. The van der Waals surface area contributed by atoms with Gasteiger partial charge in [-0.2, -0.15) is 10.2 Å². The molecule has 0 aliphatic rings. The van der Waals surface area contributed by atoms with Crippen LogP contribution in [0.25, 0.3) is 0 Å². The lowest BCUT2D eigenvalue weighted by Gasteiger charge is -2.17. The van der Waals surface area contributed by atoms with Crippen molar-refractivity contribution in [3.63, 3.8) is 0 Å². The van der Waals surface area contributed by atoms with Crippen molar-refractivity contribution in [2.45, 2.75) is 26.3 Å². The zero-order valence-electron chi connectivity index (χ0n) is 10.4. The van der Waals surface area contributed by atoms with Crippen molar-refractivity contribution >= 4 is 0 Å². The summed E-state index contributed by atoms with van der Waals surface area (Å²) in [6.45, 7) is 3.95. The summed E-state index contributed by atoms with van der Waals surface area (Å²) in [7, 11) is 1.96. The van der Waals surface area contributed by atoms with Gasteiger partial charge in [-0.25, -0.2) is 0 Å². The number of aromatic nitrogens is 2. The average molecular weight is 231 g/mol. The van der Waals surface area contributed by atoms with Crippen LogP contribution in [-0.4, -0.2) is 17.2 Å². The van der Waals surface area contributed by atoms with Crippen LogP contribution in [0.15, 0.2) is 29.1 Å². The number of hydrogen-bond acceptors (Lipinski definition) is 4. The lowest BCUT2D eigenvalue weighted by Crippen LogP contribution is -2.20. The molecule has 1 unspecified atom stereocenters. The molecule has 4 nitrogen and oxygen atoms in total. The largest absolute Gasteiger partial charge is 0.472 e. The van der Waals surface area contributed by atoms with E-state index in [1.165, 1.54) is 11.1 Å². The number of furan rings is 1. The second-order valence-electron chi connectivity index (χ2n) is 4.20. The van der Waals surface area contributed by atoms with Crippen LogP contribution in [0.2, 0.25) is 0 Å². The molecule has 0 saturated heterocycles. The SMILES string of the molecule is CNC(Cc1ccoc1)c1cc(C)nnc1C. The quantitative estimate of drug-likeness (QED) is 0.876. The molecule has 0 amide bonds. The number of nitrogens with one attached hydrogen (secondary N) is 1. The predicted octanol–water partition coefficient (Wildman–Crippen LogP) is 2.19. The summed E-state index contributed by atoms with van der Waals surface area (Å²) >= 11 is 0. The first-order valence-electron chi connectivity index (χ1n) is 5.70. The fourth-order valence-electron chi connectivity index (χ4n) is 1.93. The molecule has 2 heterocycles. The molecular weight excluding hydrogens is 214 g/mol. The molecule has 0 aliphatic carbocycles. The van der Waals surface area contributed by atoms with E-state index in [2.05, 4.69) is 21.6 Å². The standard InChI is InChI=1S/C13H17N3O/c1-9-6-12(10(2)16-15-9)13(14-3)7-11-4-5-17-8-11/h4-6,8,13-14H,7H2,1-3H3. The Labute approximate surface area is 101 Å². The maximum atomic E-state index is 5.09. The molecule has 0 aromatic carbocycles. The third-order valence-electron chi connectivity index (χ3n) is 2.88. The monoisotopic (exact) mass is 231 g/mol. The summed E-state index contributed by atoms with van der Waals surface area (Å²) in [6.07, 6.45) is 4.37. The molecule has 0 saturated carbocycles. The first-order chi connectivity index (χ1) is 8.20. The fourth-order valence-corrected chi connectivity index (χ4v) is 1.93. The molecular formula is C13H17N3O. The van der Waals surface area contributed by atoms with Crippen molar-refractivity contribution in [3.05, 3.63) is 47.2 Å². The van der Waals surface area contributed by atoms with Gasteiger partial charge in [-0.05, 0) is 50.6 Å². The van der Waals surface area contributed by atoms with Gasteiger partial charge in [0.2, 0.25) is 0 Å². The smallest absolute Gasteiger partial charge is 0.0935 e. The van der Waals surface area contributed by atoms with Gasteiger partial charge in [-0.3, -0.25) is 0 Å². The number of aryl methyl sites for hydroxylation is 2. The number of nitrogens with zero attached hydrogens (tertiary/aromatic N) is 2. The minimum absolute atomic E-state index is 0.238. The number of rotatable bonds is 4. The van der Waals surface area contributed by atoms with Crippen molar-refractivity contribution in [2.75, 3.05) is 7.05 Å². The van der Waals surface area contributed by atoms with Crippen LogP contribution in [0.5, 0.6) is 0 Å². The molecule has 4 heteroatoms. The molecule has 1 N–H and O–H groups in total. The van der Waals surface area contributed by atoms with Gasteiger partial charge in [0.05, 0.1) is 23.9 Å². The molecule has 0 fully saturated rings. The predicted molar refractivity (Wildman–Crippen MR) is 65.7 cm³/mol. The van der Waals surface area contributed by atoms with E-state index in [9.17, 15) is 0 Å². The van der Waals surface area contributed by atoms with E-state index in [1.807, 2.05) is 27.0 Å². The van der Waals surface area contributed by atoms with Crippen LogP contribution in [0.1, 0.15) is 28.6 Å². The third kappa shape index (κ3) is 2.71. The normalized spacial score (nSPS) is 12.6. The highest BCUT2D eigenvalue weighted by atomic mass is 16.3. The minimum atomic E-state index is 0.238. The Morgan fingerprint density at radius 1 is 1.35 bits per heavy atom. The maximum Gasteiger partial charge on any atom is 0.0935 e. The van der Waals surface area contributed by atoms with Gasteiger partial charge in [0.25, 0.3) is 0 Å². The fraction of sp³-hybridized carbons (Fsp3) is 0.385. The van der Waals surface area contributed by atoms with Crippen molar-refractivity contribution in [3.8, 4) is 0 Å². The molecule has 2 aromatic rings. The summed E-state index contributed by atoms with van der Waals surface area (Å²) in [6, 6.07) is 4.31. The van der Waals surface area contributed by atoms with Gasteiger partial charge >= 0.3 is 0 Å². The van der Waals surface area contributed by atoms with E-state index < -0.39 is 0 Å². The second-order valence-corrected chi connectivity index (χ2v) is 4.20. The van der Waals surface area contributed by atoms with E-state index >= 15 is 0 Å². The molecule has 0 spiro atoms. The Bertz CT molecular complexity index is 479. The van der Waals surface area contributed by atoms with Gasteiger partial charge in [0.1, 0.15) is 0 Å². The first-order valence-corrected chi connectivity index (χ1v) is 5.70. The molecule has 0 aliphatic heterocycles. The molecule has 1 atom stereocenters. The van der Waals surface area contributed by atoms with Crippen molar-refractivity contribution in [1.29, 1.82) is 0 Å².